The molecular weight excluding hydrogens is 507 g/mol. The van der Waals surface area contributed by atoms with Gasteiger partial charge in [0, 0.05) is 23.8 Å². The molecule has 0 saturated carbocycles. The van der Waals surface area contributed by atoms with Crippen LogP contribution in [0.15, 0.2) is 82.8 Å². The SMILES string of the molecule is CCN(CC)c1ccc(C=NNC(=O)CN(c2ccc(Cl)cc2Cl)S(=O)(=O)c2ccccc2)cc1. The number of anilines is 2. The molecule has 3 rings (SSSR count). The highest BCUT2D eigenvalue weighted by Crippen LogP contribution is 2.32. The van der Waals surface area contributed by atoms with Gasteiger partial charge in [0.2, 0.25) is 0 Å². The normalized spacial score (nSPS) is 11.4. The summed E-state index contributed by atoms with van der Waals surface area (Å²) in [6.45, 7) is 5.46. The van der Waals surface area contributed by atoms with Crippen molar-refractivity contribution >= 4 is 56.7 Å². The molecule has 35 heavy (non-hydrogen) atoms. The van der Waals surface area contributed by atoms with E-state index in [-0.39, 0.29) is 15.6 Å². The average molecular weight is 533 g/mol. The van der Waals surface area contributed by atoms with Crippen molar-refractivity contribution in [1.29, 1.82) is 0 Å². The van der Waals surface area contributed by atoms with Crippen molar-refractivity contribution in [3.8, 4) is 0 Å². The summed E-state index contributed by atoms with van der Waals surface area (Å²) in [4.78, 5) is 14.9. The lowest BCUT2D eigenvalue weighted by Crippen LogP contribution is -2.39. The number of rotatable bonds is 10. The molecule has 0 heterocycles. The van der Waals surface area contributed by atoms with E-state index in [1.165, 1.54) is 36.5 Å². The van der Waals surface area contributed by atoms with Gasteiger partial charge in [0.25, 0.3) is 15.9 Å². The zero-order chi connectivity index (χ0) is 25.4. The van der Waals surface area contributed by atoms with Crippen LogP contribution in [0.1, 0.15) is 19.4 Å². The molecule has 3 aromatic carbocycles. The van der Waals surface area contributed by atoms with Crippen LogP contribution in [0.2, 0.25) is 10.0 Å². The van der Waals surface area contributed by atoms with Crippen LogP contribution in [0.3, 0.4) is 0 Å². The highest BCUT2D eigenvalue weighted by Gasteiger charge is 2.28. The Bertz CT molecular complexity index is 1280. The maximum Gasteiger partial charge on any atom is 0.264 e. The van der Waals surface area contributed by atoms with Gasteiger partial charge >= 0.3 is 0 Å². The fourth-order valence-electron chi connectivity index (χ4n) is 3.41. The quantitative estimate of drug-likeness (QED) is 0.288. The second-order valence-corrected chi connectivity index (χ2v) is 10.2. The molecule has 184 valence electrons. The first-order valence-corrected chi connectivity index (χ1v) is 13.2. The number of nitrogens with one attached hydrogen (secondary N) is 1. The Morgan fingerprint density at radius 3 is 2.23 bits per heavy atom. The molecule has 1 N–H and O–H groups in total. The summed E-state index contributed by atoms with van der Waals surface area (Å²) >= 11 is 12.3. The third-order valence-corrected chi connectivity index (χ3v) is 7.53. The largest absolute Gasteiger partial charge is 0.372 e. The number of carbonyl (C=O) groups is 1. The van der Waals surface area contributed by atoms with Gasteiger partial charge in [-0.05, 0) is 61.9 Å². The number of sulfonamides is 1. The highest BCUT2D eigenvalue weighted by molar-refractivity contribution is 7.92. The summed E-state index contributed by atoms with van der Waals surface area (Å²) in [6, 6.07) is 19.9. The molecule has 1 amide bonds. The molecule has 0 spiro atoms. The number of hydrogen-bond donors (Lipinski definition) is 1. The molecular formula is C25H26Cl2N4O3S. The minimum Gasteiger partial charge on any atom is -0.372 e. The number of amides is 1. The number of hydrazone groups is 1. The van der Waals surface area contributed by atoms with E-state index in [0.29, 0.717) is 5.02 Å². The Kier molecular flexibility index (Phi) is 9.14. The molecule has 7 nitrogen and oxygen atoms in total. The third kappa shape index (κ3) is 6.75. The molecule has 0 aromatic heterocycles. The fraction of sp³-hybridized carbons (Fsp3) is 0.200. The molecule has 0 aliphatic rings. The van der Waals surface area contributed by atoms with E-state index in [1.54, 1.807) is 18.2 Å². The van der Waals surface area contributed by atoms with E-state index in [1.807, 2.05) is 24.3 Å². The van der Waals surface area contributed by atoms with Gasteiger partial charge in [-0.3, -0.25) is 9.10 Å². The number of nitrogens with zero attached hydrogens (tertiary/aromatic N) is 3. The summed E-state index contributed by atoms with van der Waals surface area (Å²) < 4.78 is 27.6. The van der Waals surface area contributed by atoms with Crippen molar-refractivity contribution in [3.63, 3.8) is 0 Å². The topological polar surface area (TPSA) is 82.1 Å². The molecule has 0 aliphatic carbocycles. The predicted molar refractivity (Wildman–Crippen MR) is 143 cm³/mol. The van der Waals surface area contributed by atoms with Crippen LogP contribution < -0.4 is 14.6 Å². The summed E-state index contributed by atoms with van der Waals surface area (Å²) in [5, 5.41) is 4.42. The first-order chi connectivity index (χ1) is 16.8. The molecule has 3 aromatic rings. The van der Waals surface area contributed by atoms with Crippen molar-refractivity contribution in [1.82, 2.24) is 5.43 Å². The van der Waals surface area contributed by atoms with Crippen LogP contribution >= 0.6 is 23.2 Å². The van der Waals surface area contributed by atoms with Gasteiger partial charge in [0.15, 0.2) is 0 Å². The van der Waals surface area contributed by atoms with Crippen molar-refractivity contribution in [2.45, 2.75) is 18.7 Å². The molecule has 10 heteroatoms. The Labute approximate surface area is 216 Å². The monoisotopic (exact) mass is 532 g/mol. The zero-order valence-electron chi connectivity index (χ0n) is 19.4. The Balaban J connectivity index is 1.78. The average Bonchev–Trinajstić information content (AvgIpc) is 2.85. The molecule has 0 saturated heterocycles. The zero-order valence-corrected chi connectivity index (χ0v) is 21.7. The molecule has 0 atom stereocenters. The molecule has 0 radical (unpaired) electrons. The fourth-order valence-corrected chi connectivity index (χ4v) is 5.43. The molecule has 0 unspecified atom stereocenters. The minimum absolute atomic E-state index is 0.0237. The second-order valence-electron chi connectivity index (χ2n) is 7.48. The summed E-state index contributed by atoms with van der Waals surface area (Å²) in [5.41, 5.74) is 4.40. The summed E-state index contributed by atoms with van der Waals surface area (Å²) in [7, 11) is -4.09. The van der Waals surface area contributed by atoms with E-state index < -0.39 is 22.5 Å². The van der Waals surface area contributed by atoms with Crippen molar-refractivity contribution in [3.05, 3.63) is 88.4 Å². The third-order valence-electron chi connectivity index (χ3n) is 5.22. The molecule has 0 bridgehead atoms. The predicted octanol–water partition coefficient (Wildman–Crippen LogP) is 5.19. The molecule has 0 fully saturated rings. The van der Waals surface area contributed by atoms with Crippen molar-refractivity contribution in [2.24, 2.45) is 5.10 Å². The lowest BCUT2D eigenvalue weighted by atomic mass is 10.2. The van der Waals surface area contributed by atoms with E-state index in [0.717, 1.165) is 28.6 Å². The van der Waals surface area contributed by atoms with Gasteiger partial charge < -0.3 is 4.90 Å². The van der Waals surface area contributed by atoms with E-state index >= 15 is 0 Å². The van der Waals surface area contributed by atoms with Gasteiger partial charge in [-0.1, -0.05) is 53.5 Å². The number of benzene rings is 3. The first kappa shape index (κ1) is 26.5. The Hall–Kier alpha value is -3.07. The van der Waals surface area contributed by atoms with Crippen molar-refractivity contribution < 1.29 is 13.2 Å². The van der Waals surface area contributed by atoms with Crippen LogP contribution in [-0.2, 0) is 14.8 Å². The standard InChI is InChI=1S/C25H26Cl2N4O3S/c1-3-30(4-2)21-13-10-19(11-14-21)17-28-29-25(32)18-31(24-15-12-20(26)16-23(24)27)35(33,34)22-8-6-5-7-9-22/h5-17H,3-4,18H2,1-2H3,(H,29,32). The number of carbonyl (C=O) groups excluding carboxylic acids is 1. The smallest absolute Gasteiger partial charge is 0.264 e. The highest BCUT2D eigenvalue weighted by atomic mass is 35.5. The minimum atomic E-state index is -4.09. The van der Waals surface area contributed by atoms with Crippen LogP contribution in [-0.4, -0.2) is 40.2 Å². The van der Waals surface area contributed by atoms with E-state index in [2.05, 4.69) is 29.3 Å². The van der Waals surface area contributed by atoms with Gasteiger partial charge in [0.1, 0.15) is 6.54 Å². The number of halogens is 2. The Morgan fingerprint density at radius 2 is 1.63 bits per heavy atom. The number of hydrogen-bond acceptors (Lipinski definition) is 5. The molecule has 0 aliphatic heterocycles. The van der Waals surface area contributed by atoms with Crippen molar-refractivity contribution in [2.75, 3.05) is 28.8 Å². The Morgan fingerprint density at radius 1 is 0.971 bits per heavy atom. The van der Waals surface area contributed by atoms with E-state index in [9.17, 15) is 13.2 Å². The van der Waals surface area contributed by atoms with Crippen LogP contribution in [0, 0.1) is 0 Å². The van der Waals surface area contributed by atoms with Gasteiger partial charge in [-0.15, -0.1) is 0 Å². The maximum atomic E-state index is 13.3. The van der Waals surface area contributed by atoms with Crippen LogP contribution in [0.25, 0.3) is 0 Å². The lowest BCUT2D eigenvalue weighted by molar-refractivity contribution is -0.119. The van der Waals surface area contributed by atoms with Crippen LogP contribution in [0.4, 0.5) is 11.4 Å². The van der Waals surface area contributed by atoms with E-state index in [4.69, 9.17) is 23.2 Å². The maximum absolute atomic E-state index is 13.3. The van der Waals surface area contributed by atoms with Crippen LogP contribution in [0.5, 0.6) is 0 Å². The van der Waals surface area contributed by atoms with Gasteiger partial charge in [-0.2, -0.15) is 5.10 Å². The van der Waals surface area contributed by atoms with Gasteiger partial charge in [-0.25, -0.2) is 13.8 Å². The summed E-state index contributed by atoms with van der Waals surface area (Å²) in [6.07, 6.45) is 1.50. The summed E-state index contributed by atoms with van der Waals surface area (Å²) in [5.74, 6) is -0.633. The van der Waals surface area contributed by atoms with Gasteiger partial charge in [0.05, 0.1) is 21.8 Å². The lowest BCUT2D eigenvalue weighted by Gasteiger charge is -2.24. The second kappa shape index (κ2) is 12.1. The first-order valence-electron chi connectivity index (χ1n) is 11.0.